The summed E-state index contributed by atoms with van der Waals surface area (Å²) in [7, 11) is 0. The number of hydrogen-bond acceptors (Lipinski definition) is 2. The molecule has 1 heterocycles. The summed E-state index contributed by atoms with van der Waals surface area (Å²) in [5, 5.41) is 8.65. The lowest BCUT2D eigenvalue weighted by Gasteiger charge is -2.04. The molecule has 4 nitrogen and oxygen atoms in total. The topological polar surface area (TPSA) is 55.1 Å². The number of benzene rings is 1. The third kappa shape index (κ3) is 2.93. The standard InChI is InChI=1S/C13H14N2O2/c1-10-8-15(9-14-10)12-4-2-3-11(7-12)5-6-13(16)17/h2-4,7-9H,5-6H2,1H3,(H,16,17). The summed E-state index contributed by atoms with van der Waals surface area (Å²) in [5.41, 5.74) is 2.99. The van der Waals surface area contributed by atoms with Crippen molar-refractivity contribution in [1.29, 1.82) is 0 Å². The number of aliphatic carboxylic acids is 1. The van der Waals surface area contributed by atoms with Crippen LogP contribution < -0.4 is 0 Å². The van der Waals surface area contributed by atoms with Gasteiger partial charge in [-0.05, 0) is 31.0 Å². The Morgan fingerprint density at radius 2 is 2.29 bits per heavy atom. The average molecular weight is 230 g/mol. The second-order valence-electron chi connectivity index (χ2n) is 3.99. The third-order valence-corrected chi connectivity index (χ3v) is 2.55. The van der Waals surface area contributed by atoms with Gasteiger partial charge in [0, 0.05) is 18.3 Å². The van der Waals surface area contributed by atoms with Crippen LogP contribution in [0.5, 0.6) is 0 Å². The van der Waals surface area contributed by atoms with E-state index in [1.54, 1.807) is 6.33 Å². The largest absolute Gasteiger partial charge is 0.481 e. The number of imidazole rings is 1. The minimum Gasteiger partial charge on any atom is -0.481 e. The smallest absolute Gasteiger partial charge is 0.303 e. The Labute approximate surface area is 99.5 Å². The van der Waals surface area contributed by atoms with E-state index in [2.05, 4.69) is 4.98 Å². The zero-order valence-electron chi connectivity index (χ0n) is 9.63. The van der Waals surface area contributed by atoms with Crippen LogP contribution in [0, 0.1) is 6.92 Å². The molecule has 17 heavy (non-hydrogen) atoms. The molecule has 0 spiro atoms. The van der Waals surface area contributed by atoms with Gasteiger partial charge in [-0.2, -0.15) is 0 Å². The highest BCUT2D eigenvalue weighted by Gasteiger charge is 2.02. The minimum absolute atomic E-state index is 0.159. The van der Waals surface area contributed by atoms with E-state index in [4.69, 9.17) is 5.11 Å². The van der Waals surface area contributed by atoms with Gasteiger partial charge in [0.2, 0.25) is 0 Å². The summed E-state index contributed by atoms with van der Waals surface area (Å²) in [6.45, 7) is 1.94. The van der Waals surface area contributed by atoms with Crippen molar-refractivity contribution in [3.63, 3.8) is 0 Å². The molecule has 0 aliphatic heterocycles. The first-order valence-electron chi connectivity index (χ1n) is 5.47. The molecule has 0 saturated heterocycles. The summed E-state index contributed by atoms with van der Waals surface area (Å²) in [6, 6.07) is 7.84. The number of hydrogen-bond donors (Lipinski definition) is 1. The first-order chi connectivity index (χ1) is 8.15. The van der Waals surface area contributed by atoms with Gasteiger partial charge in [-0.1, -0.05) is 12.1 Å². The zero-order valence-corrected chi connectivity index (χ0v) is 9.63. The summed E-state index contributed by atoms with van der Waals surface area (Å²) in [5.74, 6) is -0.770. The van der Waals surface area contributed by atoms with Crippen LogP contribution in [0.4, 0.5) is 0 Å². The molecule has 88 valence electrons. The van der Waals surface area contributed by atoms with Crippen molar-refractivity contribution in [2.45, 2.75) is 19.8 Å². The SMILES string of the molecule is Cc1cn(-c2cccc(CCC(=O)O)c2)cn1. The Morgan fingerprint density at radius 3 is 2.94 bits per heavy atom. The number of carboxylic acids is 1. The van der Waals surface area contributed by atoms with E-state index >= 15 is 0 Å². The molecule has 1 aromatic heterocycles. The first kappa shape index (κ1) is 11.4. The molecule has 2 aromatic rings. The van der Waals surface area contributed by atoms with Gasteiger partial charge in [-0.3, -0.25) is 4.79 Å². The lowest BCUT2D eigenvalue weighted by molar-refractivity contribution is -0.136. The van der Waals surface area contributed by atoms with Crippen molar-refractivity contribution in [2.75, 3.05) is 0 Å². The van der Waals surface area contributed by atoms with Crippen molar-refractivity contribution in [3.05, 3.63) is 48.0 Å². The molecule has 0 aliphatic carbocycles. The van der Waals surface area contributed by atoms with Gasteiger partial charge in [0.05, 0.1) is 12.0 Å². The summed E-state index contributed by atoms with van der Waals surface area (Å²) in [6.07, 6.45) is 4.41. The molecule has 0 radical (unpaired) electrons. The number of nitrogens with zero attached hydrogens (tertiary/aromatic N) is 2. The maximum atomic E-state index is 10.5. The number of aromatic nitrogens is 2. The highest BCUT2D eigenvalue weighted by molar-refractivity contribution is 5.67. The lowest BCUT2D eigenvalue weighted by Crippen LogP contribution is -1.98. The average Bonchev–Trinajstić information content (AvgIpc) is 2.74. The Bertz CT molecular complexity index is 532. The van der Waals surface area contributed by atoms with Crippen LogP contribution in [-0.2, 0) is 11.2 Å². The molecule has 0 amide bonds. The van der Waals surface area contributed by atoms with Gasteiger partial charge in [0.25, 0.3) is 0 Å². The second-order valence-corrected chi connectivity index (χ2v) is 3.99. The van der Waals surface area contributed by atoms with Gasteiger partial charge < -0.3 is 9.67 Å². The number of carbonyl (C=O) groups is 1. The maximum Gasteiger partial charge on any atom is 0.303 e. The van der Waals surface area contributed by atoms with E-state index < -0.39 is 5.97 Å². The van der Waals surface area contributed by atoms with E-state index in [0.29, 0.717) is 6.42 Å². The van der Waals surface area contributed by atoms with Gasteiger partial charge in [-0.15, -0.1) is 0 Å². The van der Waals surface area contributed by atoms with Gasteiger partial charge in [0.1, 0.15) is 0 Å². The van der Waals surface area contributed by atoms with Crippen molar-refractivity contribution >= 4 is 5.97 Å². The monoisotopic (exact) mass is 230 g/mol. The number of rotatable bonds is 4. The van der Waals surface area contributed by atoms with E-state index in [1.165, 1.54) is 0 Å². The van der Waals surface area contributed by atoms with E-state index in [9.17, 15) is 4.79 Å². The van der Waals surface area contributed by atoms with Crippen LogP contribution in [0.15, 0.2) is 36.8 Å². The highest BCUT2D eigenvalue weighted by atomic mass is 16.4. The molecule has 0 fully saturated rings. The molecule has 0 aliphatic rings. The van der Waals surface area contributed by atoms with Crippen molar-refractivity contribution < 1.29 is 9.90 Å². The number of carboxylic acid groups (broad SMARTS) is 1. The van der Waals surface area contributed by atoms with Crippen LogP contribution in [0.25, 0.3) is 5.69 Å². The van der Waals surface area contributed by atoms with E-state index in [1.807, 2.05) is 42.0 Å². The molecule has 0 atom stereocenters. The van der Waals surface area contributed by atoms with Crippen LogP contribution >= 0.6 is 0 Å². The Kier molecular flexibility index (Phi) is 3.23. The van der Waals surface area contributed by atoms with Crippen molar-refractivity contribution in [3.8, 4) is 5.69 Å². The first-order valence-corrected chi connectivity index (χ1v) is 5.47. The molecule has 4 heteroatoms. The van der Waals surface area contributed by atoms with E-state index in [-0.39, 0.29) is 6.42 Å². The van der Waals surface area contributed by atoms with Crippen molar-refractivity contribution in [1.82, 2.24) is 9.55 Å². The van der Waals surface area contributed by atoms with Crippen LogP contribution in [0.2, 0.25) is 0 Å². The van der Waals surface area contributed by atoms with Gasteiger partial charge >= 0.3 is 5.97 Å². The fraction of sp³-hybridized carbons (Fsp3) is 0.231. The quantitative estimate of drug-likeness (QED) is 0.876. The van der Waals surface area contributed by atoms with Gasteiger partial charge in [0.15, 0.2) is 0 Å². The Hall–Kier alpha value is -2.10. The normalized spacial score (nSPS) is 10.4. The van der Waals surface area contributed by atoms with E-state index in [0.717, 1.165) is 16.9 Å². The molecule has 0 unspecified atom stereocenters. The molecule has 1 N–H and O–H groups in total. The fourth-order valence-corrected chi connectivity index (χ4v) is 1.69. The second kappa shape index (κ2) is 4.82. The predicted octanol–water partition coefficient (Wildman–Crippen LogP) is 2.20. The predicted molar refractivity (Wildman–Crippen MR) is 64.3 cm³/mol. The van der Waals surface area contributed by atoms with Crippen LogP contribution in [-0.4, -0.2) is 20.6 Å². The molecule has 0 saturated carbocycles. The summed E-state index contributed by atoms with van der Waals surface area (Å²) in [4.78, 5) is 14.7. The fourth-order valence-electron chi connectivity index (χ4n) is 1.69. The zero-order chi connectivity index (χ0) is 12.3. The summed E-state index contributed by atoms with van der Waals surface area (Å²) < 4.78 is 1.93. The highest BCUT2D eigenvalue weighted by Crippen LogP contribution is 2.12. The molecule has 1 aromatic carbocycles. The maximum absolute atomic E-state index is 10.5. The Morgan fingerprint density at radius 1 is 1.47 bits per heavy atom. The van der Waals surface area contributed by atoms with Gasteiger partial charge in [-0.25, -0.2) is 4.98 Å². The summed E-state index contributed by atoms with van der Waals surface area (Å²) >= 11 is 0. The number of aryl methyl sites for hydroxylation is 2. The van der Waals surface area contributed by atoms with Crippen LogP contribution in [0.3, 0.4) is 0 Å². The Balaban J connectivity index is 2.19. The van der Waals surface area contributed by atoms with Crippen LogP contribution in [0.1, 0.15) is 17.7 Å². The van der Waals surface area contributed by atoms with Crippen molar-refractivity contribution in [2.24, 2.45) is 0 Å². The molecule has 2 rings (SSSR count). The third-order valence-electron chi connectivity index (χ3n) is 2.55. The molecular formula is C13H14N2O2. The molecular weight excluding hydrogens is 216 g/mol. The minimum atomic E-state index is -0.770. The molecule has 0 bridgehead atoms. The lowest BCUT2D eigenvalue weighted by atomic mass is 10.1.